The van der Waals surface area contributed by atoms with Gasteiger partial charge in [-0.1, -0.05) is 0 Å². The Balaban J connectivity index is 2.01. The van der Waals surface area contributed by atoms with Crippen LogP contribution < -0.4 is 10.2 Å². The Labute approximate surface area is 101 Å². The van der Waals surface area contributed by atoms with Gasteiger partial charge in [-0.05, 0) is 0 Å². The minimum atomic E-state index is 0.865. The van der Waals surface area contributed by atoms with Gasteiger partial charge in [-0.15, -0.1) is 0 Å². The number of rotatable bonds is 2. The maximum Gasteiger partial charge on any atom is 0.239 e. The summed E-state index contributed by atoms with van der Waals surface area (Å²) >= 11 is 3.77. The Morgan fingerprint density at radius 1 is 1.36 bits per heavy atom. The van der Waals surface area contributed by atoms with E-state index in [9.17, 15) is 0 Å². The van der Waals surface area contributed by atoms with E-state index in [1.165, 1.54) is 11.5 Å². The highest BCUT2D eigenvalue weighted by atomic mass is 127. The molecule has 1 aromatic rings. The molecule has 78 valence electrons. The van der Waals surface area contributed by atoms with E-state index in [4.69, 9.17) is 0 Å². The van der Waals surface area contributed by atoms with Crippen LogP contribution in [0, 0.1) is 0 Å². The number of anilines is 2. The lowest BCUT2D eigenvalue weighted by Gasteiger charge is -2.30. The zero-order valence-corrected chi connectivity index (χ0v) is 10.9. The first-order chi connectivity index (χ1) is 6.79. The lowest BCUT2D eigenvalue weighted by molar-refractivity contribution is 0.457. The van der Waals surface area contributed by atoms with E-state index in [1.807, 2.05) is 7.05 Å². The van der Waals surface area contributed by atoms with Crippen molar-refractivity contribution in [3.63, 3.8) is 0 Å². The molecule has 0 amide bonds. The van der Waals surface area contributed by atoms with Gasteiger partial charge in [0.1, 0.15) is 0 Å². The molecule has 1 aromatic heterocycles. The number of piperazine rings is 1. The molecule has 1 aliphatic rings. The van der Waals surface area contributed by atoms with Crippen LogP contribution in [0.4, 0.5) is 11.1 Å². The summed E-state index contributed by atoms with van der Waals surface area (Å²) in [7, 11) is 1.87. The quantitative estimate of drug-likeness (QED) is 0.651. The van der Waals surface area contributed by atoms with Crippen molar-refractivity contribution < 1.29 is 0 Å². The predicted octanol–water partition coefficient (Wildman–Crippen LogP) is 1.05. The molecule has 0 unspecified atom stereocenters. The highest BCUT2D eigenvalue weighted by molar-refractivity contribution is 14.1. The molecular weight excluding hydrogens is 313 g/mol. The third-order valence-electron chi connectivity index (χ3n) is 2.14. The van der Waals surface area contributed by atoms with Gasteiger partial charge >= 0.3 is 0 Å². The predicted molar refractivity (Wildman–Crippen MR) is 67.3 cm³/mol. The number of halogens is 1. The second kappa shape index (κ2) is 4.58. The summed E-state index contributed by atoms with van der Waals surface area (Å²) < 4.78 is 6.60. The van der Waals surface area contributed by atoms with Crippen LogP contribution in [0.1, 0.15) is 0 Å². The smallest absolute Gasteiger partial charge is 0.239 e. The van der Waals surface area contributed by atoms with E-state index in [2.05, 4.69) is 45.6 Å². The normalized spacial score (nSPS) is 18.6. The molecular formula is C7H12IN5S. The number of hydrogen-bond acceptors (Lipinski definition) is 6. The Bertz CT molecular complexity index is 296. The summed E-state index contributed by atoms with van der Waals surface area (Å²) in [5.41, 5.74) is 0. The maximum atomic E-state index is 4.38. The van der Waals surface area contributed by atoms with Gasteiger partial charge in [-0.2, -0.15) is 9.36 Å². The number of nitrogens with one attached hydrogen (secondary N) is 1. The molecule has 0 radical (unpaired) electrons. The fraction of sp³-hybridized carbons (Fsp3) is 0.714. The molecule has 0 atom stereocenters. The van der Waals surface area contributed by atoms with Crippen LogP contribution in [0.25, 0.3) is 0 Å². The Morgan fingerprint density at radius 3 is 2.64 bits per heavy atom. The SMILES string of the molecule is CNc1nc(N2CCN(I)CC2)ns1. The van der Waals surface area contributed by atoms with Gasteiger partial charge in [0.2, 0.25) is 11.1 Å². The van der Waals surface area contributed by atoms with E-state index in [1.54, 1.807) is 0 Å². The van der Waals surface area contributed by atoms with E-state index >= 15 is 0 Å². The Kier molecular flexibility index (Phi) is 3.39. The number of nitrogens with zero attached hydrogens (tertiary/aromatic N) is 4. The summed E-state index contributed by atoms with van der Waals surface area (Å²) in [6.07, 6.45) is 0. The molecule has 2 rings (SSSR count). The highest BCUT2D eigenvalue weighted by Crippen LogP contribution is 2.19. The summed E-state index contributed by atoms with van der Waals surface area (Å²) in [5, 5.41) is 3.89. The molecule has 1 fully saturated rings. The third-order valence-corrected chi connectivity index (χ3v) is 3.82. The molecule has 2 heterocycles. The van der Waals surface area contributed by atoms with Crippen molar-refractivity contribution >= 4 is 45.5 Å². The minimum absolute atomic E-state index is 0.865. The molecule has 0 saturated carbocycles. The summed E-state index contributed by atoms with van der Waals surface area (Å²) in [6.45, 7) is 4.19. The number of aromatic nitrogens is 2. The molecule has 5 nitrogen and oxygen atoms in total. The Hall–Kier alpha value is -0.150. The van der Waals surface area contributed by atoms with Gasteiger partial charge in [-0.25, -0.2) is 3.11 Å². The van der Waals surface area contributed by atoms with Gasteiger partial charge < -0.3 is 10.2 Å². The second-order valence-electron chi connectivity index (χ2n) is 3.05. The molecule has 0 bridgehead atoms. The van der Waals surface area contributed by atoms with E-state index < -0.39 is 0 Å². The molecule has 0 spiro atoms. The van der Waals surface area contributed by atoms with E-state index in [0.717, 1.165) is 37.3 Å². The summed E-state index contributed by atoms with van der Waals surface area (Å²) in [6, 6.07) is 0. The van der Waals surface area contributed by atoms with Gasteiger partial charge in [-0.3, -0.25) is 0 Å². The summed E-state index contributed by atoms with van der Waals surface area (Å²) in [5.74, 6) is 0.865. The molecule has 0 aromatic carbocycles. The molecule has 7 heteroatoms. The van der Waals surface area contributed by atoms with Crippen molar-refractivity contribution in [2.24, 2.45) is 0 Å². The van der Waals surface area contributed by atoms with Crippen LogP contribution in [0.15, 0.2) is 0 Å². The average Bonchev–Trinajstić information content (AvgIpc) is 2.67. The number of hydrogen-bond donors (Lipinski definition) is 1. The fourth-order valence-electron chi connectivity index (χ4n) is 1.33. The molecule has 0 aliphatic carbocycles. The zero-order chi connectivity index (χ0) is 9.97. The van der Waals surface area contributed by atoms with Gasteiger partial charge in [0.05, 0.1) is 0 Å². The van der Waals surface area contributed by atoms with Crippen LogP contribution in [0.2, 0.25) is 0 Å². The maximum absolute atomic E-state index is 4.38. The van der Waals surface area contributed by atoms with Gasteiger partial charge in [0.25, 0.3) is 0 Å². The van der Waals surface area contributed by atoms with Crippen LogP contribution in [0.3, 0.4) is 0 Å². The zero-order valence-electron chi connectivity index (χ0n) is 7.90. The van der Waals surface area contributed by atoms with Crippen LogP contribution in [-0.4, -0.2) is 45.7 Å². The van der Waals surface area contributed by atoms with Crippen molar-refractivity contribution in [2.75, 3.05) is 43.4 Å². The largest absolute Gasteiger partial charge is 0.363 e. The van der Waals surface area contributed by atoms with Crippen molar-refractivity contribution in [3.05, 3.63) is 0 Å². The highest BCUT2D eigenvalue weighted by Gasteiger charge is 2.18. The third kappa shape index (κ3) is 2.26. The standard InChI is InChI=1S/C7H12IN5S/c1-9-7-10-6(11-14-7)12-2-4-13(8)5-3-12/h2-5H2,1H3,(H,9,10,11). The molecule has 1 saturated heterocycles. The van der Waals surface area contributed by atoms with Crippen molar-refractivity contribution in [1.29, 1.82) is 0 Å². The van der Waals surface area contributed by atoms with Crippen LogP contribution in [0.5, 0.6) is 0 Å². The molecule has 1 aliphatic heterocycles. The first-order valence-corrected chi connectivity index (χ1v) is 6.20. The van der Waals surface area contributed by atoms with Crippen molar-refractivity contribution in [3.8, 4) is 0 Å². The monoisotopic (exact) mass is 325 g/mol. The average molecular weight is 325 g/mol. The minimum Gasteiger partial charge on any atom is -0.363 e. The molecule has 1 N–H and O–H groups in total. The van der Waals surface area contributed by atoms with Crippen LogP contribution >= 0.6 is 34.4 Å². The van der Waals surface area contributed by atoms with Crippen molar-refractivity contribution in [1.82, 2.24) is 12.5 Å². The first-order valence-electron chi connectivity index (χ1n) is 4.47. The molecule has 14 heavy (non-hydrogen) atoms. The van der Waals surface area contributed by atoms with Crippen molar-refractivity contribution in [2.45, 2.75) is 0 Å². The van der Waals surface area contributed by atoms with Gasteiger partial charge in [0, 0.05) is 67.6 Å². The lowest BCUT2D eigenvalue weighted by Crippen LogP contribution is -2.42. The Morgan fingerprint density at radius 2 is 2.07 bits per heavy atom. The fourth-order valence-corrected chi connectivity index (χ4v) is 2.30. The van der Waals surface area contributed by atoms with E-state index in [0.29, 0.717) is 0 Å². The van der Waals surface area contributed by atoms with Crippen LogP contribution in [-0.2, 0) is 0 Å². The second-order valence-corrected chi connectivity index (χ2v) is 5.16. The van der Waals surface area contributed by atoms with Gasteiger partial charge in [0.15, 0.2) is 0 Å². The summed E-state index contributed by atoms with van der Waals surface area (Å²) in [4.78, 5) is 6.61. The van der Waals surface area contributed by atoms with E-state index in [-0.39, 0.29) is 0 Å². The topological polar surface area (TPSA) is 44.3 Å². The lowest BCUT2D eigenvalue weighted by atomic mass is 10.4. The first kappa shape index (κ1) is 10.4.